The van der Waals surface area contributed by atoms with Crippen LogP contribution in [-0.2, 0) is 22.3 Å². The van der Waals surface area contributed by atoms with Crippen molar-refractivity contribution in [1.82, 2.24) is 19.7 Å². The fourth-order valence-electron chi connectivity index (χ4n) is 1.37. The van der Waals surface area contributed by atoms with Gasteiger partial charge in [-0.2, -0.15) is 0 Å². The standard InChI is InChI=1S/C5H8N5O10P3Se/c6-5-8-3-2(4(24)9-5)7-1-10(3)18-22(14,15)20-23(16,17)19-21(11,12)13/h1H,(H,14,15)(H,16,17)(H2,11,12,13)(H3,6,8,9,24). The Morgan fingerprint density at radius 2 is 1.79 bits per heavy atom. The summed E-state index contributed by atoms with van der Waals surface area (Å²) in [6, 6.07) is 0. The number of aromatic amines is 1. The van der Waals surface area contributed by atoms with Crippen molar-refractivity contribution in [2.45, 2.75) is 0 Å². The molecule has 0 radical (unpaired) electrons. The van der Waals surface area contributed by atoms with E-state index in [9.17, 15) is 18.6 Å². The molecule has 0 saturated carbocycles. The van der Waals surface area contributed by atoms with E-state index in [4.69, 9.17) is 20.4 Å². The molecule has 0 saturated heterocycles. The molecule has 2 unspecified atom stereocenters. The van der Waals surface area contributed by atoms with Crippen LogP contribution in [0.3, 0.4) is 0 Å². The van der Waals surface area contributed by atoms with Crippen LogP contribution in [0.25, 0.3) is 11.2 Å². The zero-order valence-corrected chi connectivity index (χ0v) is 15.4. The molecule has 0 bridgehead atoms. The van der Waals surface area contributed by atoms with Crippen LogP contribution in [0.2, 0.25) is 0 Å². The second-order valence-corrected chi connectivity index (χ2v) is 9.05. The van der Waals surface area contributed by atoms with Gasteiger partial charge in [0.05, 0.1) is 0 Å². The van der Waals surface area contributed by atoms with E-state index >= 15 is 0 Å². The van der Waals surface area contributed by atoms with Gasteiger partial charge in [-0.15, -0.1) is 0 Å². The third kappa shape index (κ3) is 5.06. The van der Waals surface area contributed by atoms with Gasteiger partial charge in [0.15, 0.2) is 0 Å². The number of fused-ring (bicyclic) bond motifs is 1. The van der Waals surface area contributed by atoms with Gasteiger partial charge in [-0.3, -0.25) is 0 Å². The maximum absolute atomic E-state index is 11.7. The summed E-state index contributed by atoms with van der Waals surface area (Å²) in [5.41, 5.74) is 5.43. The number of hydrogen-bond donors (Lipinski definition) is 6. The summed E-state index contributed by atoms with van der Waals surface area (Å²) in [5, 5.41) is 0. The number of nitrogen functional groups attached to an aromatic ring is 1. The number of H-pyrrole nitrogens is 1. The van der Waals surface area contributed by atoms with Crippen molar-refractivity contribution in [3.8, 4) is 0 Å². The topological polar surface area (TPSA) is 232 Å². The van der Waals surface area contributed by atoms with Crippen molar-refractivity contribution in [2.24, 2.45) is 0 Å². The van der Waals surface area contributed by atoms with Crippen molar-refractivity contribution in [1.29, 1.82) is 0 Å². The first-order chi connectivity index (χ1) is 10.8. The molecule has 7 N–H and O–H groups in total. The Balaban J connectivity index is 2.30. The minimum atomic E-state index is -5.63. The van der Waals surface area contributed by atoms with E-state index in [1.807, 2.05) is 0 Å². The van der Waals surface area contributed by atoms with Gasteiger partial charge in [0, 0.05) is 0 Å². The number of anilines is 1. The molecular weight excluding hydrogens is 462 g/mol. The molecular formula is C5H8N5O10P3Se. The predicted octanol–water partition coefficient (Wildman–Crippen LogP) is -1.20. The van der Waals surface area contributed by atoms with E-state index in [1.54, 1.807) is 0 Å². The van der Waals surface area contributed by atoms with Crippen molar-refractivity contribution in [3.63, 3.8) is 0 Å². The molecule has 0 aliphatic carbocycles. The van der Waals surface area contributed by atoms with Crippen LogP contribution < -0.4 is 10.4 Å². The molecule has 0 spiro atoms. The fourth-order valence-corrected chi connectivity index (χ4v) is 4.86. The monoisotopic (exact) mass is 471 g/mol. The molecule has 19 heteroatoms. The molecule has 0 aliphatic heterocycles. The Bertz CT molecular complexity index is 979. The summed E-state index contributed by atoms with van der Waals surface area (Å²) in [4.78, 5) is 45.4. The Hall–Kier alpha value is -0.881. The third-order valence-electron chi connectivity index (χ3n) is 2.00. The van der Waals surface area contributed by atoms with Gasteiger partial charge in [-0.05, 0) is 0 Å². The van der Waals surface area contributed by atoms with Gasteiger partial charge in [-0.25, -0.2) is 0 Å². The van der Waals surface area contributed by atoms with Crippen LogP contribution >= 0.6 is 23.5 Å². The number of hydrogen-bond acceptors (Lipinski definition) is 9. The molecule has 0 aromatic carbocycles. The van der Waals surface area contributed by atoms with E-state index in [2.05, 4.69) is 43.8 Å². The SMILES string of the molecule is Nc1nc2c(ncn2OP(=O)(O)OP(=O)(O)OP(=O)(O)O)c(=[Se])[nH]1. The zero-order chi connectivity index (χ0) is 18.3. The van der Waals surface area contributed by atoms with Gasteiger partial charge in [0.25, 0.3) is 0 Å². The Labute approximate surface area is 139 Å². The summed E-state index contributed by atoms with van der Waals surface area (Å²) >= 11 is 2.57. The van der Waals surface area contributed by atoms with Gasteiger partial charge in [0.1, 0.15) is 0 Å². The summed E-state index contributed by atoms with van der Waals surface area (Å²) < 4.78 is 45.9. The number of nitrogens with zero attached hydrogens (tertiary/aromatic N) is 3. The molecule has 2 aromatic heterocycles. The molecule has 2 rings (SSSR count). The second kappa shape index (κ2) is 6.45. The zero-order valence-electron chi connectivity index (χ0n) is 11.0. The summed E-state index contributed by atoms with van der Waals surface area (Å²) in [7, 11) is -16.5. The average Bonchev–Trinajstić information content (AvgIpc) is 2.66. The number of nitrogens with one attached hydrogen (secondary N) is 1. The first-order valence-electron chi connectivity index (χ1n) is 5.35. The first-order valence-corrected chi connectivity index (χ1v) is 10.7. The van der Waals surface area contributed by atoms with Crippen LogP contribution in [0.5, 0.6) is 0 Å². The van der Waals surface area contributed by atoms with Crippen molar-refractivity contribution >= 4 is 56.2 Å². The van der Waals surface area contributed by atoms with Crippen molar-refractivity contribution in [2.75, 3.05) is 5.73 Å². The predicted molar refractivity (Wildman–Crippen MR) is 75.7 cm³/mol. The molecule has 2 atom stereocenters. The number of nitrogens with two attached hydrogens (primary N) is 1. The van der Waals surface area contributed by atoms with Gasteiger partial charge < -0.3 is 0 Å². The number of imidazole rings is 1. The average molecular weight is 470 g/mol. The number of rotatable bonds is 6. The van der Waals surface area contributed by atoms with Crippen LogP contribution in [-0.4, -0.2) is 54.8 Å². The van der Waals surface area contributed by atoms with Crippen molar-refractivity contribution < 1.29 is 46.5 Å². The van der Waals surface area contributed by atoms with Crippen LogP contribution in [0, 0.1) is 4.19 Å². The van der Waals surface area contributed by atoms with Crippen LogP contribution in [0.4, 0.5) is 5.95 Å². The molecule has 0 fully saturated rings. The number of phosphoric acid groups is 3. The van der Waals surface area contributed by atoms with Gasteiger partial charge >= 0.3 is 139 Å². The minimum absolute atomic E-state index is 0.118. The Morgan fingerprint density at radius 1 is 1.17 bits per heavy atom. The van der Waals surface area contributed by atoms with Crippen LogP contribution in [0.1, 0.15) is 0 Å². The second-order valence-electron chi connectivity index (χ2n) is 3.87. The van der Waals surface area contributed by atoms with Crippen LogP contribution in [0.15, 0.2) is 6.33 Å². The molecule has 134 valence electrons. The molecule has 2 aromatic rings. The Kier molecular flexibility index (Phi) is 5.22. The normalized spacial score (nSPS) is 17.3. The van der Waals surface area contributed by atoms with E-state index in [0.29, 0.717) is 8.92 Å². The van der Waals surface area contributed by atoms with E-state index in [-0.39, 0.29) is 17.1 Å². The first kappa shape index (κ1) is 19.4. The molecule has 24 heavy (non-hydrogen) atoms. The van der Waals surface area contributed by atoms with Crippen molar-refractivity contribution in [3.05, 3.63) is 10.5 Å². The summed E-state index contributed by atoms with van der Waals surface area (Å²) in [5.74, 6) is -0.118. The maximum atomic E-state index is 11.7. The van der Waals surface area contributed by atoms with E-state index in [1.165, 1.54) is 0 Å². The quantitative estimate of drug-likeness (QED) is 0.215. The third-order valence-corrected chi connectivity index (χ3v) is 6.33. The van der Waals surface area contributed by atoms with E-state index in [0.717, 1.165) is 6.33 Å². The summed E-state index contributed by atoms with van der Waals surface area (Å²) in [6.07, 6.45) is 0.865. The number of aromatic nitrogens is 4. The Morgan fingerprint density at radius 3 is 2.38 bits per heavy atom. The van der Waals surface area contributed by atoms with Gasteiger partial charge in [0.2, 0.25) is 0 Å². The fraction of sp³-hybridized carbons (Fsp3) is 0. The summed E-state index contributed by atoms with van der Waals surface area (Å²) in [6.45, 7) is 0. The molecule has 0 aliphatic rings. The molecule has 0 amide bonds. The molecule has 15 nitrogen and oxygen atoms in total. The van der Waals surface area contributed by atoms with Gasteiger partial charge in [-0.1, -0.05) is 0 Å². The van der Waals surface area contributed by atoms with E-state index < -0.39 is 23.5 Å². The molecule has 2 heterocycles.